The number of fused-ring (bicyclic) bond motifs is 1. The van der Waals surface area contributed by atoms with Gasteiger partial charge >= 0.3 is 5.69 Å². The van der Waals surface area contributed by atoms with Gasteiger partial charge in [0.2, 0.25) is 0 Å². The van der Waals surface area contributed by atoms with Crippen LogP contribution in [0.5, 0.6) is 5.75 Å². The number of rotatable bonds is 2. The zero-order valence-electron chi connectivity index (χ0n) is 11.7. The summed E-state index contributed by atoms with van der Waals surface area (Å²) in [7, 11) is 2.87. The number of aromatic nitrogens is 2. The first-order valence-corrected chi connectivity index (χ1v) is 6.53. The van der Waals surface area contributed by atoms with Crippen LogP contribution < -0.4 is 16.0 Å². The minimum atomic E-state index is -0.576. The van der Waals surface area contributed by atoms with Crippen LogP contribution in [-0.4, -0.2) is 21.5 Å². The third-order valence-corrected chi connectivity index (χ3v) is 3.73. The van der Waals surface area contributed by atoms with E-state index in [2.05, 4.69) is 0 Å². The predicted molar refractivity (Wildman–Crippen MR) is 75.9 cm³/mol. The van der Waals surface area contributed by atoms with E-state index in [0.29, 0.717) is 5.75 Å². The van der Waals surface area contributed by atoms with Crippen molar-refractivity contribution in [3.8, 4) is 5.75 Å². The number of aryl methyl sites for hydroxylation is 1. The normalized spacial score (nSPS) is 16.4. The zero-order valence-corrected chi connectivity index (χ0v) is 11.7. The second-order valence-electron chi connectivity index (χ2n) is 5.07. The third kappa shape index (κ3) is 1.99. The van der Waals surface area contributed by atoms with Crippen molar-refractivity contribution in [2.45, 2.75) is 5.92 Å². The van der Waals surface area contributed by atoms with Gasteiger partial charge in [0.25, 0.3) is 5.56 Å². The highest BCUT2D eigenvalue weighted by atomic mass is 16.5. The number of para-hydroxylation sites is 1. The molecule has 0 saturated heterocycles. The standard InChI is InChI=1S/C15H14N2O4/c1-16-7-10(14(19)17(2)15(16)20)13(18)11-8-21-12-6-4-3-5-9(11)12/h3-7,11H,8H2,1-2H3. The van der Waals surface area contributed by atoms with Crippen molar-refractivity contribution in [2.75, 3.05) is 6.61 Å². The molecule has 108 valence electrons. The fraction of sp³-hybridized carbons (Fsp3) is 0.267. The molecule has 0 spiro atoms. The van der Waals surface area contributed by atoms with Gasteiger partial charge in [0.1, 0.15) is 17.9 Å². The Morgan fingerprint density at radius 3 is 2.71 bits per heavy atom. The Bertz CT molecular complexity index is 847. The number of nitrogens with zero attached hydrogens (tertiary/aromatic N) is 2. The van der Waals surface area contributed by atoms with E-state index in [1.165, 1.54) is 24.9 Å². The average molecular weight is 286 g/mol. The number of ether oxygens (including phenoxy) is 1. The molecule has 0 N–H and O–H groups in total. The number of hydrogen-bond acceptors (Lipinski definition) is 4. The Balaban J connectivity index is 2.10. The minimum absolute atomic E-state index is 0.00454. The average Bonchev–Trinajstić information content (AvgIpc) is 2.92. The van der Waals surface area contributed by atoms with E-state index in [1.807, 2.05) is 18.2 Å². The van der Waals surface area contributed by atoms with E-state index in [4.69, 9.17) is 4.74 Å². The Hall–Kier alpha value is -2.63. The van der Waals surface area contributed by atoms with Gasteiger partial charge in [-0.05, 0) is 6.07 Å². The van der Waals surface area contributed by atoms with Crippen molar-refractivity contribution in [1.82, 2.24) is 9.13 Å². The van der Waals surface area contributed by atoms with Crippen molar-refractivity contribution in [3.63, 3.8) is 0 Å². The fourth-order valence-corrected chi connectivity index (χ4v) is 2.54. The van der Waals surface area contributed by atoms with Gasteiger partial charge in [-0.25, -0.2) is 4.79 Å². The molecule has 1 aromatic heterocycles. The van der Waals surface area contributed by atoms with Gasteiger partial charge < -0.3 is 9.30 Å². The highest BCUT2D eigenvalue weighted by molar-refractivity contribution is 6.01. The molecule has 3 rings (SSSR count). The lowest BCUT2D eigenvalue weighted by Crippen LogP contribution is -2.40. The summed E-state index contributed by atoms with van der Waals surface area (Å²) in [5.41, 5.74) is -0.254. The number of benzene rings is 1. The summed E-state index contributed by atoms with van der Waals surface area (Å²) in [5.74, 6) is -0.167. The SMILES string of the molecule is Cn1cc(C(=O)C2COc3ccccc32)c(=O)n(C)c1=O. The maximum Gasteiger partial charge on any atom is 0.330 e. The van der Waals surface area contributed by atoms with E-state index in [0.717, 1.165) is 10.1 Å². The molecule has 6 nitrogen and oxygen atoms in total. The second-order valence-corrected chi connectivity index (χ2v) is 5.07. The van der Waals surface area contributed by atoms with Crippen molar-refractivity contribution in [1.29, 1.82) is 0 Å². The molecule has 0 saturated carbocycles. The quantitative estimate of drug-likeness (QED) is 0.751. The lowest BCUT2D eigenvalue weighted by atomic mass is 9.93. The number of carbonyl (C=O) groups excluding carboxylic acids is 1. The van der Waals surface area contributed by atoms with Gasteiger partial charge in [-0.1, -0.05) is 18.2 Å². The van der Waals surface area contributed by atoms with Crippen LogP contribution in [-0.2, 0) is 14.1 Å². The van der Waals surface area contributed by atoms with Crippen LogP contribution in [0.25, 0.3) is 0 Å². The van der Waals surface area contributed by atoms with Crippen molar-refractivity contribution >= 4 is 5.78 Å². The predicted octanol–water partition coefficient (Wildman–Crippen LogP) is 0.443. The van der Waals surface area contributed by atoms with Crippen LogP contribution in [0.4, 0.5) is 0 Å². The van der Waals surface area contributed by atoms with Gasteiger partial charge in [-0.2, -0.15) is 0 Å². The lowest BCUT2D eigenvalue weighted by Gasteiger charge is -2.10. The van der Waals surface area contributed by atoms with Crippen LogP contribution in [0.15, 0.2) is 40.1 Å². The lowest BCUT2D eigenvalue weighted by molar-refractivity contribution is 0.0944. The minimum Gasteiger partial charge on any atom is -0.492 e. The maximum atomic E-state index is 12.6. The zero-order chi connectivity index (χ0) is 15.1. The van der Waals surface area contributed by atoms with Crippen molar-refractivity contribution in [2.24, 2.45) is 14.1 Å². The highest BCUT2D eigenvalue weighted by Gasteiger charge is 2.32. The second kappa shape index (κ2) is 4.73. The van der Waals surface area contributed by atoms with Gasteiger partial charge in [0.15, 0.2) is 5.78 Å². The summed E-state index contributed by atoms with van der Waals surface area (Å²) in [6.07, 6.45) is 1.30. The molecular weight excluding hydrogens is 272 g/mol. The van der Waals surface area contributed by atoms with Crippen LogP contribution in [0, 0.1) is 0 Å². The topological polar surface area (TPSA) is 70.3 Å². The van der Waals surface area contributed by atoms with E-state index >= 15 is 0 Å². The summed E-state index contributed by atoms with van der Waals surface area (Å²) >= 11 is 0. The summed E-state index contributed by atoms with van der Waals surface area (Å²) in [6.45, 7) is 0.212. The molecule has 0 bridgehead atoms. The van der Waals surface area contributed by atoms with Crippen LogP contribution >= 0.6 is 0 Å². The first kappa shape index (κ1) is 13.4. The number of carbonyl (C=O) groups is 1. The summed E-state index contributed by atoms with van der Waals surface area (Å²) in [6, 6.07) is 7.27. The molecule has 1 aromatic carbocycles. The smallest absolute Gasteiger partial charge is 0.330 e. The van der Waals surface area contributed by atoms with Crippen molar-refractivity contribution < 1.29 is 9.53 Å². The fourth-order valence-electron chi connectivity index (χ4n) is 2.54. The first-order valence-electron chi connectivity index (χ1n) is 6.53. The van der Waals surface area contributed by atoms with Crippen LogP contribution in [0.3, 0.4) is 0 Å². The van der Waals surface area contributed by atoms with E-state index in [-0.39, 0.29) is 18.0 Å². The van der Waals surface area contributed by atoms with Crippen LogP contribution in [0.1, 0.15) is 21.8 Å². The maximum absolute atomic E-state index is 12.6. The molecule has 0 fully saturated rings. The number of ketones is 1. The highest BCUT2D eigenvalue weighted by Crippen LogP contribution is 2.34. The monoisotopic (exact) mass is 286 g/mol. The van der Waals surface area contributed by atoms with Gasteiger partial charge in [-0.15, -0.1) is 0 Å². The number of hydrogen-bond donors (Lipinski definition) is 0. The summed E-state index contributed by atoms with van der Waals surface area (Å²) in [5, 5.41) is 0. The third-order valence-electron chi connectivity index (χ3n) is 3.73. The first-order chi connectivity index (χ1) is 10.0. The van der Waals surface area contributed by atoms with Gasteiger partial charge in [-0.3, -0.25) is 14.2 Å². The molecule has 1 aliphatic heterocycles. The van der Waals surface area contributed by atoms with E-state index in [1.54, 1.807) is 6.07 Å². The molecule has 1 aliphatic rings. The Labute approximate surface area is 120 Å². The van der Waals surface area contributed by atoms with E-state index in [9.17, 15) is 14.4 Å². The molecule has 1 atom stereocenters. The molecule has 0 aliphatic carbocycles. The van der Waals surface area contributed by atoms with E-state index < -0.39 is 17.2 Å². The summed E-state index contributed by atoms with van der Waals surface area (Å²) in [4.78, 5) is 36.5. The molecule has 0 amide bonds. The van der Waals surface area contributed by atoms with Crippen LogP contribution in [0.2, 0.25) is 0 Å². The molecule has 2 aromatic rings. The molecular formula is C15H14N2O4. The van der Waals surface area contributed by atoms with Crippen molar-refractivity contribution in [3.05, 3.63) is 62.4 Å². The molecule has 21 heavy (non-hydrogen) atoms. The molecule has 1 unspecified atom stereocenters. The Morgan fingerprint density at radius 1 is 1.24 bits per heavy atom. The Kier molecular flexibility index (Phi) is 3.01. The Morgan fingerprint density at radius 2 is 1.95 bits per heavy atom. The summed E-state index contributed by atoms with van der Waals surface area (Å²) < 4.78 is 7.65. The molecule has 0 radical (unpaired) electrons. The van der Waals surface area contributed by atoms with Gasteiger partial charge in [0.05, 0.1) is 5.92 Å². The molecule has 6 heteroatoms. The molecule has 2 heterocycles. The largest absolute Gasteiger partial charge is 0.492 e. The number of Topliss-reactive ketones (excluding diaryl/α,β-unsaturated/α-hetero) is 1. The van der Waals surface area contributed by atoms with Gasteiger partial charge in [0, 0.05) is 25.9 Å².